The minimum atomic E-state index is -1.04. The molecule has 0 unspecified atom stereocenters. The molecule has 162 valence electrons. The minimum absolute atomic E-state index is 0.00920. The number of rotatable bonds is 6. The molecule has 0 fully saturated rings. The molecule has 2 aromatic carbocycles. The van der Waals surface area contributed by atoms with Crippen LogP contribution in [0, 0.1) is 0 Å². The third-order valence-electron chi connectivity index (χ3n) is 6.70. The zero-order chi connectivity index (χ0) is 22.3. The van der Waals surface area contributed by atoms with Gasteiger partial charge < -0.3 is 9.97 Å². The van der Waals surface area contributed by atoms with Gasteiger partial charge in [-0.25, -0.2) is 0 Å². The number of nitrogens with one attached hydrogen (secondary N) is 2. The monoisotopic (exact) mass is 424 g/mol. The maximum atomic E-state index is 14.0. The molecule has 0 saturated carbocycles. The van der Waals surface area contributed by atoms with E-state index in [2.05, 4.69) is 48.1 Å². The van der Waals surface area contributed by atoms with Crippen molar-refractivity contribution in [3.63, 3.8) is 0 Å². The van der Waals surface area contributed by atoms with E-state index in [0.717, 1.165) is 70.0 Å². The number of aromatic nitrogens is 2. The highest BCUT2D eigenvalue weighted by molar-refractivity contribution is 6.16. The minimum Gasteiger partial charge on any atom is -0.358 e. The van der Waals surface area contributed by atoms with E-state index in [1.54, 1.807) is 0 Å². The third-order valence-corrected chi connectivity index (χ3v) is 6.70. The summed E-state index contributed by atoms with van der Waals surface area (Å²) in [6, 6.07) is 16.3. The molecule has 4 heteroatoms. The fourth-order valence-corrected chi connectivity index (χ4v) is 5.51. The van der Waals surface area contributed by atoms with Crippen molar-refractivity contribution >= 4 is 33.4 Å². The lowest BCUT2D eigenvalue weighted by Crippen LogP contribution is -2.42. The second-order valence-corrected chi connectivity index (χ2v) is 8.79. The number of hydrogen-bond donors (Lipinski definition) is 2. The van der Waals surface area contributed by atoms with E-state index in [4.69, 9.17) is 0 Å². The van der Waals surface area contributed by atoms with Crippen LogP contribution >= 0.6 is 0 Å². The van der Waals surface area contributed by atoms with Crippen molar-refractivity contribution in [1.82, 2.24) is 9.97 Å². The summed E-state index contributed by atoms with van der Waals surface area (Å²) in [6.07, 6.45) is 6.64. The number of ketones is 2. The van der Waals surface area contributed by atoms with Gasteiger partial charge in [0.05, 0.1) is 5.41 Å². The molecular weight excluding hydrogens is 396 g/mol. The maximum absolute atomic E-state index is 14.0. The predicted molar refractivity (Wildman–Crippen MR) is 129 cm³/mol. The van der Waals surface area contributed by atoms with Crippen LogP contribution in [0.4, 0.5) is 0 Å². The van der Waals surface area contributed by atoms with Crippen molar-refractivity contribution in [3.05, 3.63) is 83.2 Å². The number of aryl methyl sites for hydroxylation is 2. The van der Waals surface area contributed by atoms with E-state index in [0.29, 0.717) is 0 Å². The Balaban J connectivity index is 1.95. The molecule has 1 aliphatic rings. The molecule has 2 aromatic heterocycles. The summed E-state index contributed by atoms with van der Waals surface area (Å²) in [6.45, 7) is 4.29. The predicted octanol–water partition coefficient (Wildman–Crippen LogP) is 5.94. The zero-order valence-electron chi connectivity index (χ0n) is 18.6. The number of para-hydroxylation sites is 2. The van der Waals surface area contributed by atoms with E-state index in [1.165, 1.54) is 12.2 Å². The number of allylic oxidation sites excluding steroid dienone is 2. The second-order valence-electron chi connectivity index (χ2n) is 8.79. The highest BCUT2D eigenvalue weighted by Crippen LogP contribution is 2.48. The van der Waals surface area contributed by atoms with Crippen molar-refractivity contribution in [2.24, 2.45) is 0 Å². The van der Waals surface area contributed by atoms with Crippen LogP contribution in [0.25, 0.3) is 21.8 Å². The van der Waals surface area contributed by atoms with Gasteiger partial charge in [-0.1, -0.05) is 63.1 Å². The SMILES string of the molecule is CCCc1[nH]c2ccccc2c1C1(c2c(CCC)[nH]c3ccccc23)CC(=O)C=CC1=O. The normalized spacial score (nSPS) is 15.8. The number of carbonyl (C=O) groups is 2. The highest BCUT2D eigenvalue weighted by Gasteiger charge is 2.49. The van der Waals surface area contributed by atoms with Crippen molar-refractivity contribution in [3.8, 4) is 0 Å². The van der Waals surface area contributed by atoms with Crippen LogP contribution in [-0.2, 0) is 27.8 Å². The first-order chi connectivity index (χ1) is 15.6. The lowest BCUT2D eigenvalue weighted by molar-refractivity contribution is -0.125. The van der Waals surface area contributed by atoms with Gasteiger partial charge in [-0.2, -0.15) is 0 Å². The van der Waals surface area contributed by atoms with Crippen LogP contribution in [0.2, 0.25) is 0 Å². The van der Waals surface area contributed by atoms with E-state index >= 15 is 0 Å². The smallest absolute Gasteiger partial charge is 0.171 e. The van der Waals surface area contributed by atoms with Crippen molar-refractivity contribution in [1.29, 1.82) is 0 Å². The van der Waals surface area contributed by atoms with Crippen LogP contribution in [0.15, 0.2) is 60.7 Å². The Morgan fingerprint density at radius 2 is 1.25 bits per heavy atom. The Labute approximate surface area is 187 Å². The summed E-state index contributed by atoms with van der Waals surface area (Å²) in [7, 11) is 0. The molecular formula is C28H28N2O2. The van der Waals surface area contributed by atoms with E-state index < -0.39 is 5.41 Å². The number of H-pyrrole nitrogens is 2. The molecule has 2 heterocycles. The molecule has 2 N–H and O–H groups in total. The highest BCUT2D eigenvalue weighted by atomic mass is 16.1. The van der Waals surface area contributed by atoms with Crippen LogP contribution < -0.4 is 0 Å². The first-order valence-electron chi connectivity index (χ1n) is 11.6. The Morgan fingerprint density at radius 1 is 0.750 bits per heavy atom. The van der Waals surface area contributed by atoms with Crippen LogP contribution in [-0.4, -0.2) is 21.5 Å². The van der Waals surface area contributed by atoms with Gasteiger partial charge in [-0.05, 0) is 48.3 Å². The first-order valence-corrected chi connectivity index (χ1v) is 11.6. The molecule has 0 radical (unpaired) electrons. The molecule has 0 aliphatic heterocycles. The van der Waals surface area contributed by atoms with Crippen LogP contribution in [0.5, 0.6) is 0 Å². The molecule has 1 aliphatic carbocycles. The molecule has 4 nitrogen and oxygen atoms in total. The average Bonchev–Trinajstić information content (AvgIpc) is 3.34. The van der Waals surface area contributed by atoms with Crippen molar-refractivity contribution < 1.29 is 9.59 Å². The summed E-state index contributed by atoms with van der Waals surface area (Å²) in [4.78, 5) is 34.1. The molecule has 32 heavy (non-hydrogen) atoms. The van der Waals surface area contributed by atoms with E-state index in [-0.39, 0.29) is 18.0 Å². The Morgan fingerprint density at radius 3 is 1.75 bits per heavy atom. The number of benzene rings is 2. The van der Waals surface area contributed by atoms with Crippen LogP contribution in [0.1, 0.15) is 55.6 Å². The summed E-state index contributed by atoms with van der Waals surface area (Å²) >= 11 is 0. The van der Waals surface area contributed by atoms with Gasteiger partial charge in [0.1, 0.15) is 0 Å². The quantitative estimate of drug-likeness (QED) is 0.402. The standard InChI is InChI=1S/C28H28N2O2/c1-3-9-23-26(19-11-5-7-13-21(19)29-23)28(17-18(31)15-16-25(28)32)27-20-12-6-8-14-22(20)30-24(27)10-4-2/h5-8,11-16,29-30H,3-4,9-10,17H2,1-2H3. The first kappa shape index (κ1) is 20.5. The number of aromatic amines is 2. The Kier molecular flexibility index (Phi) is 5.09. The molecule has 5 rings (SSSR count). The molecule has 0 bridgehead atoms. The van der Waals surface area contributed by atoms with Crippen molar-refractivity contribution in [2.45, 2.75) is 51.4 Å². The van der Waals surface area contributed by atoms with E-state index in [1.807, 2.05) is 24.3 Å². The number of hydrogen-bond acceptors (Lipinski definition) is 2. The van der Waals surface area contributed by atoms with Gasteiger partial charge in [0.25, 0.3) is 0 Å². The third kappa shape index (κ3) is 2.97. The van der Waals surface area contributed by atoms with E-state index in [9.17, 15) is 9.59 Å². The summed E-state index contributed by atoms with van der Waals surface area (Å²) in [5.74, 6) is -0.0219. The number of fused-ring (bicyclic) bond motifs is 2. The lowest BCUT2D eigenvalue weighted by Gasteiger charge is -2.35. The van der Waals surface area contributed by atoms with Gasteiger partial charge in [0.15, 0.2) is 11.6 Å². The van der Waals surface area contributed by atoms with Gasteiger partial charge in [0.2, 0.25) is 0 Å². The van der Waals surface area contributed by atoms with Crippen molar-refractivity contribution in [2.75, 3.05) is 0 Å². The van der Waals surface area contributed by atoms with Gasteiger partial charge in [-0.15, -0.1) is 0 Å². The summed E-state index contributed by atoms with van der Waals surface area (Å²) < 4.78 is 0. The second kappa shape index (κ2) is 7.94. The average molecular weight is 425 g/mol. The van der Waals surface area contributed by atoms with Gasteiger partial charge >= 0.3 is 0 Å². The summed E-state index contributed by atoms with van der Waals surface area (Å²) in [5.41, 5.74) is 5.03. The van der Waals surface area contributed by atoms with Gasteiger partial charge in [0, 0.05) is 39.6 Å². The topological polar surface area (TPSA) is 65.7 Å². The Bertz CT molecular complexity index is 1280. The fraction of sp³-hybridized carbons (Fsp3) is 0.286. The molecule has 4 aromatic rings. The molecule has 0 spiro atoms. The lowest BCUT2D eigenvalue weighted by atomic mass is 9.64. The number of carbonyl (C=O) groups excluding carboxylic acids is 2. The van der Waals surface area contributed by atoms with Crippen LogP contribution in [0.3, 0.4) is 0 Å². The van der Waals surface area contributed by atoms with Gasteiger partial charge in [-0.3, -0.25) is 9.59 Å². The largest absolute Gasteiger partial charge is 0.358 e. The maximum Gasteiger partial charge on any atom is 0.171 e. The fourth-order valence-electron chi connectivity index (χ4n) is 5.51. The molecule has 0 amide bonds. The molecule has 0 saturated heterocycles. The zero-order valence-corrected chi connectivity index (χ0v) is 18.6. The Hall–Kier alpha value is -3.40. The summed E-state index contributed by atoms with van der Waals surface area (Å²) in [5, 5.41) is 2.06. The molecule has 0 atom stereocenters.